The Bertz CT molecular complexity index is 2860. The van der Waals surface area contributed by atoms with Gasteiger partial charge in [-0.05, 0) is 121 Å². The number of pyridine rings is 1. The zero-order valence-electron chi connectivity index (χ0n) is 39.7. The molecule has 5 aromatic rings. The van der Waals surface area contributed by atoms with E-state index in [0.29, 0.717) is 58.4 Å². The number of aromatic nitrogens is 3. The molecule has 0 bridgehead atoms. The third-order valence-corrected chi connectivity index (χ3v) is 16.4. The van der Waals surface area contributed by atoms with Crippen LogP contribution in [0.15, 0.2) is 65.3 Å². The van der Waals surface area contributed by atoms with Gasteiger partial charge in [0.2, 0.25) is 17.8 Å². The minimum absolute atomic E-state index is 0.139. The Kier molecular flexibility index (Phi) is 13.4. The number of ether oxygens (including phenoxy) is 1. The third kappa shape index (κ3) is 10.1. The first-order valence-corrected chi connectivity index (χ1v) is 27.7. The number of halogens is 1. The third-order valence-electron chi connectivity index (χ3n) is 14.3. The lowest BCUT2D eigenvalue weighted by Crippen LogP contribution is -2.52. The Hall–Kier alpha value is -5.61. The Morgan fingerprint density at radius 2 is 1.71 bits per heavy atom. The van der Waals surface area contributed by atoms with Gasteiger partial charge in [0.05, 0.1) is 28.5 Å². The van der Waals surface area contributed by atoms with Gasteiger partial charge in [-0.25, -0.2) is 4.98 Å². The van der Waals surface area contributed by atoms with Gasteiger partial charge in [-0.1, -0.05) is 13.0 Å². The van der Waals surface area contributed by atoms with E-state index in [0.717, 1.165) is 110 Å². The van der Waals surface area contributed by atoms with Gasteiger partial charge >= 0.3 is 0 Å². The molecule has 0 radical (unpaired) electrons. The molecule has 16 nitrogen and oxygen atoms in total. The number of imide groups is 1. The SMILES string of the molecule is CCc1cc(Nc2ncc(Br)c(Nc3ccc4nc(C5CC5)ccc4c3P(C)(C)=O)n2)c(OC)cc1N1CCC(NCCNCC2CN(c3ccc4c(c3)CN(C3CCC(=O)NC3=O)C4=O)C2)CC1. The summed E-state index contributed by atoms with van der Waals surface area (Å²) in [6.45, 7) is 12.7. The molecule has 3 aromatic carbocycles. The summed E-state index contributed by atoms with van der Waals surface area (Å²) in [4.78, 5) is 58.0. The molecule has 2 aromatic heterocycles. The Balaban J connectivity index is 0.691. The number of carbonyl (C=O) groups excluding carboxylic acids is 3. The number of rotatable bonds is 17. The van der Waals surface area contributed by atoms with Crippen LogP contribution in [0, 0.1) is 5.92 Å². The van der Waals surface area contributed by atoms with Gasteiger partial charge in [0.15, 0.2) is 0 Å². The fourth-order valence-electron chi connectivity index (χ4n) is 10.4. The van der Waals surface area contributed by atoms with Gasteiger partial charge < -0.3 is 45.3 Å². The van der Waals surface area contributed by atoms with Crippen molar-refractivity contribution in [3.8, 4) is 5.75 Å². The normalized spacial score (nSPS) is 18.9. The fourth-order valence-corrected chi connectivity index (χ4v) is 12.1. The van der Waals surface area contributed by atoms with Crippen LogP contribution in [0.1, 0.15) is 78.5 Å². The van der Waals surface area contributed by atoms with Crippen LogP contribution in [0.4, 0.5) is 34.5 Å². The predicted octanol–water partition coefficient (Wildman–Crippen LogP) is 7.02. The number of nitrogens with one attached hydrogen (secondary N) is 5. The molecule has 5 aliphatic rings. The molecule has 3 amide bonds. The molecular formula is C51H61BrN11O5P. The highest BCUT2D eigenvalue weighted by molar-refractivity contribution is 9.10. The summed E-state index contributed by atoms with van der Waals surface area (Å²) >= 11 is 3.64. The number of benzene rings is 3. The number of anilines is 6. The summed E-state index contributed by atoms with van der Waals surface area (Å²) in [5.74, 6) is 1.94. The number of piperidine rings is 2. The maximum atomic E-state index is 13.8. The van der Waals surface area contributed by atoms with Crippen LogP contribution in [0.2, 0.25) is 0 Å². The van der Waals surface area contributed by atoms with Crippen LogP contribution < -0.4 is 46.4 Å². The van der Waals surface area contributed by atoms with E-state index >= 15 is 0 Å². The maximum absolute atomic E-state index is 13.8. The zero-order valence-corrected chi connectivity index (χ0v) is 42.2. The first-order chi connectivity index (χ1) is 33.3. The van der Waals surface area contributed by atoms with Crippen molar-refractivity contribution in [1.82, 2.24) is 35.8 Å². The monoisotopic (exact) mass is 1020 g/mol. The van der Waals surface area contributed by atoms with E-state index in [2.05, 4.69) is 94.6 Å². The van der Waals surface area contributed by atoms with Crippen molar-refractivity contribution < 1.29 is 23.7 Å². The number of carbonyl (C=O) groups is 3. The number of hydrogen-bond donors (Lipinski definition) is 5. The summed E-state index contributed by atoms with van der Waals surface area (Å²) in [6, 6.07) is 18.2. The summed E-state index contributed by atoms with van der Waals surface area (Å²) in [5.41, 5.74) is 8.55. The largest absolute Gasteiger partial charge is 0.494 e. The number of fused-ring (bicyclic) bond motifs is 2. The Morgan fingerprint density at radius 3 is 2.45 bits per heavy atom. The van der Waals surface area contributed by atoms with E-state index in [9.17, 15) is 18.9 Å². The van der Waals surface area contributed by atoms with Crippen molar-refractivity contribution in [3.05, 3.63) is 87.7 Å². The molecule has 1 saturated carbocycles. The molecule has 1 aliphatic carbocycles. The molecule has 6 heterocycles. The van der Waals surface area contributed by atoms with Gasteiger partial charge in [-0.2, -0.15) is 4.98 Å². The topological polar surface area (TPSA) is 186 Å². The number of methoxy groups -OCH3 is 1. The van der Waals surface area contributed by atoms with Crippen molar-refractivity contribution in [2.45, 2.75) is 76.4 Å². The fraction of sp³-hybridized carbons (Fsp3) is 0.451. The molecule has 10 rings (SSSR count). The van der Waals surface area contributed by atoms with Gasteiger partial charge in [0, 0.05) is 122 Å². The minimum Gasteiger partial charge on any atom is -0.494 e. The van der Waals surface area contributed by atoms with Crippen molar-refractivity contribution >= 4 is 91.5 Å². The lowest BCUT2D eigenvalue weighted by atomic mass is 9.98. The second-order valence-corrected chi connectivity index (χ2v) is 23.5. The minimum atomic E-state index is -2.73. The molecule has 1 atom stereocenters. The Morgan fingerprint density at radius 1 is 0.899 bits per heavy atom. The predicted molar refractivity (Wildman–Crippen MR) is 276 cm³/mol. The van der Waals surface area contributed by atoms with Crippen LogP contribution in [-0.2, 0) is 27.1 Å². The van der Waals surface area contributed by atoms with E-state index in [1.165, 1.54) is 24.1 Å². The molecule has 1 unspecified atom stereocenters. The van der Waals surface area contributed by atoms with Crippen molar-refractivity contribution in [1.29, 1.82) is 0 Å². The van der Waals surface area contributed by atoms with E-state index in [1.807, 2.05) is 24.3 Å². The Labute approximate surface area is 411 Å². The lowest BCUT2D eigenvalue weighted by Gasteiger charge is -2.41. The lowest BCUT2D eigenvalue weighted by molar-refractivity contribution is -0.136. The van der Waals surface area contributed by atoms with Crippen molar-refractivity contribution in [2.24, 2.45) is 5.92 Å². The highest BCUT2D eigenvalue weighted by atomic mass is 79.9. The summed E-state index contributed by atoms with van der Waals surface area (Å²) in [6.07, 6.45) is 7.62. The van der Waals surface area contributed by atoms with Gasteiger partial charge in [0.25, 0.3) is 5.91 Å². The van der Waals surface area contributed by atoms with Crippen LogP contribution in [-0.4, -0.2) is 116 Å². The molecule has 18 heteroatoms. The first-order valence-electron chi connectivity index (χ1n) is 24.3. The molecule has 69 heavy (non-hydrogen) atoms. The highest BCUT2D eigenvalue weighted by Gasteiger charge is 2.40. The molecule has 3 saturated heterocycles. The van der Waals surface area contributed by atoms with Gasteiger partial charge in [-0.3, -0.25) is 24.7 Å². The number of amides is 3. The van der Waals surface area contributed by atoms with Crippen LogP contribution >= 0.6 is 23.1 Å². The van der Waals surface area contributed by atoms with Gasteiger partial charge in [-0.15, -0.1) is 0 Å². The zero-order chi connectivity index (χ0) is 48.0. The molecule has 5 N–H and O–H groups in total. The maximum Gasteiger partial charge on any atom is 0.255 e. The molecule has 362 valence electrons. The summed E-state index contributed by atoms with van der Waals surface area (Å²) in [7, 11) is -1.05. The van der Waals surface area contributed by atoms with Crippen molar-refractivity contribution in [2.75, 3.05) is 86.7 Å². The molecular weight excluding hydrogens is 958 g/mol. The smallest absolute Gasteiger partial charge is 0.255 e. The van der Waals surface area contributed by atoms with E-state index in [4.69, 9.17) is 14.7 Å². The van der Waals surface area contributed by atoms with Crippen LogP contribution in [0.5, 0.6) is 5.75 Å². The van der Waals surface area contributed by atoms with Crippen LogP contribution in [0.25, 0.3) is 10.9 Å². The molecule has 0 spiro atoms. The highest BCUT2D eigenvalue weighted by Crippen LogP contribution is 2.44. The number of aryl methyl sites for hydroxylation is 1. The van der Waals surface area contributed by atoms with E-state index in [-0.39, 0.29) is 24.1 Å². The van der Waals surface area contributed by atoms with Gasteiger partial charge in [0.1, 0.15) is 24.8 Å². The first kappa shape index (κ1) is 47.1. The molecule has 4 fully saturated rings. The average Bonchev–Trinajstić information content (AvgIpc) is 4.13. The quantitative estimate of drug-likeness (QED) is 0.0364. The second kappa shape index (κ2) is 19.6. The summed E-state index contributed by atoms with van der Waals surface area (Å²) < 4.78 is 20.4. The molecule has 4 aliphatic heterocycles. The van der Waals surface area contributed by atoms with E-state index in [1.54, 1.807) is 31.5 Å². The second-order valence-electron chi connectivity index (χ2n) is 19.5. The van der Waals surface area contributed by atoms with E-state index < -0.39 is 13.2 Å². The van der Waals surface area contributed by atoms with Crippen molar-refractivity contribution in [3.63, 3.8) is 0 Å². The van der Waals surface area contributed by atoms with Crippen LogP contribution in [0.3, 0.4) is 0 Å². The number of nitrogens with zero attached hydrogens (tertiary/aromatic N) is 6. The summed E-state index contributed by atoms with van der Waals surface area (Å²) in [5, 5.41) is 18.4. The number of hydrogen-bond acceptors (Lipinski definition) is 14. The standard InChI is InChI=1S/C51H61BrN11O5P/c1-5-31-23-42(58-51-55-26-38(52)48(60-51)57-41-13-12-40-37(47(41)69(3,4)67)10-11-39(56-40)32-6-7-32)45(68-2)24-44(31)61-20-16-34(17-21-61)54-19-18-53-25-30-27-62(28-30)35-8-9-36-33(22-35)29-63(50(36)66)43-14-15-46(64)59-49(43)65/h8-13,22-24,26,30,32,34,43,53-54H,5-7,14-21,25,27-29H2,1-4H3,(H,59,64,65)(H2,55,57,58,60). The average molecular weight is 1020 g/mol.